The molecule has 0 radical (unpaired) electrons. The number of benzene rings is 2. The van der Waals surface area contributed by atoms with Gasteiger partial charge in [0.15, 0.2) is 5.78 Å². The second kappa shape index (κ2) is 9.35. The summed E-state index contributed by atoms with van der Waals surface area (Å²) in [5, 5.41) is 2.18. The van der Waals surface area contributed by atoms with Crippen LogP contribution in [0.15, 0.2) is 48.6 Å². The topological polar surface area (TPSA) is 74.8 Å². The highest BCUT2D eigenvalue weighted by Crippen LogP contribution is 2.39. The SMILES string of the molecule is Cc1ccc(C(=O)CN(C(=O)c2ccc(Cl)cc2Cl)N2C(=O)[C@@H]3[C@@H](C)C=CC[C@H]3C2=O)cc1C. The summed E-state index contributed by atoms with van der Waals surface area (Å²) >= 11 is 12.2. The number of Topliss-reactive ketones (excluding diaryl/α,β-unsaturated/α-hetero) is 1. The number of hydrogen-bond donors (Lipinski definition) is 0. The lowest BCUT2D eigenvalue weighted by atomic mass is 9.78. The lowest BCUT2D eigenvalue weighted by Gasteiger charge is -2.30. The molecule has 3 amide bonds. The maximum absolute atomic E-state index is 13.6. The standard InChI is InChI=1S/C26H24Cl2N2O4/c1-14-7-8-17(11-16(14)3)22(31)13-29(24(32)19-10-9-18(27)12-21(19)28)30-25(33)20-6-4-5-15(2)23(20)26(30)34/h4-5,7-12,15,20,23H,6,13H2,1-3H3/t15-,20+,23+/m0/s1. The number of imide groups is 1. The zero-order valence-electron chi connectivity index (χ0n) is 19.0. The van der Waals surface area contributed by atoms with Gasteiger partial charge in [0, 0.05) is 10.6 Å². The fourth-order valence-corrected chi connectivity index (χ4v) is 5.04. The number of fused-ring (bicyclic) bond motifs is 1. The van der Waals surface area contributed by atoms with Crippen LogP contribution in [0.2, 0.25) is 10.0 Å². The van der Waals surface area contributed by atoms with Gasteiger partial charge >= 0.3 is 0 Å². The summed E-state index contributed by atoms with van der Waals surface area (Å²) in [6.45, 7) is 5.19. The van der Waals surface area contributed by atoms with Gasteiger partial charge in [-0.15, -0.1) is 0 Å². The molecule has 0 aromatic heterocycles. The fraction of sp³-hybridized carbons (Fsp3) is 0.308. The third-order valence-corrected chi connectivity index (χ3v) is 7.16. The maximum atomic E-state index is 13.6. The van der Waals surface area contributed by atoms with Gasteiger partial charge in [0.2, 0.25) is 0 Å². The number of carbonyl (C=O) groups excluding carboxylic acids is 4. The van der Waals surface area contributed by atoms with Crippen LogP contribution in [0.4, 0.5) is 0 Å². The summed E-state index contributed by atoms with van der Waals surface area (Å²) in [6, 6.07) is 9.53. The number of nitrogens with zero attached hydrogens (tertiary/aromatic N) is 2. The van der Waals surface area contributed by atoms with E-state index in [4.69, 9.17) is 23.2 Å². The minimum Gasteiger partial charge on any atom is -0.292 e. The van der Waals surface area contributed by atoms with E-state index in [0.717, 1.165) is 21.1 Å². The predicted octanol–water partition coefficient (Wildman–Crippen LogP) is 5.05. The molecular weight excluding hydrogens is 475 g/mol. The molecule has 34 heavy (non-hydrogen) atoms. The number of amides is 3. The van der Waals surface area contributed by atoms with Crippen molar-refractivity contribution < 1.29 is 19.2 Å². The quantitative estimate of drug-likeness (QED) is 0.328. The number of hydrazine groups is 1. The first-order chi connectivity index (χ1) is 16.1. The molecule has 0 bridgehead atoms. The van der Waals surface area contributed by atoms with E-state index in [1.807, 2.05) is 39.0 Å². The van der Waals surface area contributed by atoms with E-state index >= 15 is 0 Å². The number of ketones is 1. The zero-order valence-corrected chi connectivity index (χ0v) is 20.6. The molecule has 0 unspecified atom stereocenters. The third kappa shape index (κ3) is 4.28. The highest BCUT2D eigenvalue weighted by atomic mass is 35.5. The molecule has 2 aromatic carbocycles. The first-order valence-electron chi connectivity index (χ1n) is 11.0. The van der Waals surface area contributed by atoms with Crippen molar-refractivity contribution in [2.75, 3.05) is 6.54 Å². The molecular formula is C26H24Cl2N2O4. The number of aryl methyl sites for hydroxylation is 2. The molecule has 2 aliphatic rings. The van der Waals surface area contributed by atoms with Gasteiger partial charge in [0.1, 0.15) is 6.54 Å². The van der Waals surface area contributed by atoms with E-state index < -0.39 is 41.9 Å². The van der Waals surface area contributed by atoms with E-state index in [-0.39, 0.29) is 16.5 Å². The second-order valence-electron chi connectivity index (χ2n) is 8.85. The van der Waals surface area contributed by atoms with Crippen LogP contribution in [0.25, 0.3) is 0 Å². The Bertz CT molecular complexity index is 1240. The molecule has 0 spiro atoms. The summed E-state index contributed by atoms with van der Waals surface area (Å²) in [5.41, 5.74) is 2.37. The maximum Gasteiger partial charge on any atom is 0.274 e. The Hall–Kier alpha value is -2.96. The van der Waals surface area contributed by atoms with Crippen LogP contribution in [0.5, 0.6) is 0 Å². The van der Waals surface area contributed by atoms with Gasteiger partial charge < -0.3 is 0 Å². The average molecular weight is 499 g/mol. The number of allylic oxidation sites excluding steroid dienone is 2. The molecule has 1 aliphatic carbocycles. The van der Waals surface area contributed by atoms with Gasteiger partial charge in [-0.05, 0) is 61.6 Å². The van der Waals surface area contributed by atoms with Crippen LogP contribution < -0.4 is 0 Å². The Morgan fingerprint density at radius 2 is 1.76 bits per heavy atom. The van der Waals surface area contributed by atoms with Crippen molar-refractivity contribution >= 4 is 46.7 Å². The molecule has 4 rings (SSSR count). The molecule has 0 saturated carbocycles. The van der Waals surface area contributed by atoms with Gasteiger partial charge in [-0.1, -0.05) is 54.4 Å². The number of carbonyl (C=O) groups is 4. The van der Waals surface area contributed by atoms with Crippen LogP contribution >= 0.6 is 23.2 Å². The summed E-state index contributed by atoms with van der Waals surface area (Å²) in [5.74, 6) is -3.41. The monoisotopic (exact) mass is 498 g/mol. The van der Waals surface area contributed by atoms with E-state index in [1.165, 1.54) is 18.2 Å². The molecule has 176 valence electrons. The first kappa shape index (κ1) is 24.2. The number of rotatable bonds is 5. The molecule has 6 nitrogen and oxygen atoms in total. The Labute approximate surface area is 208 Å². The second-order valence-corrected chi connectivity index (χ2v) is 9.70. The van der Waals surface area contributed by atoms with Gasteiger partial charge in [-0.3, -0.25) is 19.2 Å². The van der Waals surface area contributed by atoms with Crippen molar-refractivity contribution in [2.45, 2.75) is 27.2 Å². The molecule has 1 fully saturated rings. The van der Waals surface area contributed by atoms with Crippen molar-refractivity contribution in [3.05, 3.63) is 80.8 Å². The summed E-state index contributed by atoms with van der Waals surface area (Å²) in [7, 11) is 0. The normalized spacial score (nSPS) is 21.6. The number of halogens is 2. The van der Waals surface area contributed by atoms with Gasteiger partial charge in [0.05, 0.1) is 22.4 Å². The summed E-state index contributed by atoms with van der Waals surface area (Å²) < 4.78 is 0. The van der Waals surface area contributed by atoms with Crippen molar-refractivity contribution in [2.24, 2.45) is 17.8 Å². The Morgan fingerprint density at radius 3 is 2.41 bits per heavy atom. The zero-order chi connectivity index (χ0) is 24.7. The van der Waals surface area contributed by atoms with Crippen LogP contribution in [-0.4, -0.2) is 40.1 Å². The van der Waals surface area contributed by atoms with E-state index in [1.54, 1.807) is 12.1 Å². The molecule has 2 aromatic rings. The lowest BCUT2D eigenvalue weighted by molar-refractivity contribution is -0.154. The summed E-state index contributed by atoms with van der Waals surface area (Å²) in [6.07, 6.45) is 4.19. The summed E-state index contributed by atoms with van der Waals surface area (Å²) in [4.78, 5) is 53.6. The molecule has 1 saturated heterocycles. The first-order valence-corrected chi connectivity index (χ1v) is 11.8. The van der Waals surface area contributed by atoms with Crippen molar-refractivity contribution in [1.82, 2.24) is 10.0 Å². The minimum absolute atomic E-state index is 0.0422. The molecule has 1 aliphatic heterocycles. The largest absolute Gasteiger partial charge is 0.292 e. The Kier molecular flexibility index (Phi) is 6.65. The highest BCUT2D eigenvalue weighted by Gasteiger charge is 2.53. The van der Waals surface area contributed by atoms with E-state index in [2.05, 4.69) is 0 Å². The van der Waals surface area contributed by atoms with Crippen LogP contribution in [0.3, 0.4) is 0 Å². The Morgan fingerprint density at radius 1 is 1.03 bits per heavy atom. The van der Waals surface area contributed by atoms with E-state index in [0.29, 0.717) is 17.0 Å². The van der Waals surface area contributed by atoms with Crippen LogP contribution in [0.1, 0.15) is 45.2 Å². The van der Waals surface area contributed by atoms with Crippen molar-refractivity contribution in [3.8, 4) is 0 Å². The van der Waals surface area contributed by atoms with Gasteiger partial charge in [-0.2, -0.15) is 5.01 Å². The molecule has 0 N–H and O–H groups in total. The van der Waals surface area contributed by atoms with Crippen molar-refractivity contribution in [3.63, 3.8) is 0 Å². The minimum atomic E-state index is -0.722. The van der Waals surface area contributed by atoms with Gasteiger partial charge in [-0.25, -0.2) is 5.01 Å². The average Bonchev–Trinajstić information content (AvgIpc) is 3.04. The van der Waals surface area contributed by atoms with Crippen LogP contribution in [0, 0.1) is 31.6 Å². The molecule has 8 heteroatoms. The highest BCUT2D eigenvalue weighted by molar-refractivity contribution is 6.36. The smallest absolute Gasteiger partial charge is 0.274 e. The molecule has 3 atom stereocenters. The lowest BCUT2D eigenvalue weighted by Crippen LogP contribution is -2.52. The van der Waals surface area contributed by atoms with Crippen molar-refractivity contribution in [1.29, 1.82) is 0 Å². The Balaban J connectivity index is 1.74. The predicted molar refractivity (Wildman–Crippen MR) is 129 cm³/mol. The molecule has 1 heterocycles. The van der Waals surface area contributed by atoms with E-state index in [9.17, 15) is 19.2 Å². The van der Waals surface area contributed by atoms with Crippen LogP contribution in [-0.2, 0) is 9.59 Å². The van der Waals surface area contributed by atoms with Gasteiger partial charge in [0.25, 0.3) is 17.7 Å². The third-order valence-electron chi connectivity index (χ3n) is 6.61. The fourth-order valence-electron chi connectivity index (χ4n) is 4.55. The number of hydrogen-bond acceptors (Lipinski definition) is 4.